The van der Waals surface area contributed by atoms with Crippen LogP contribution >= 0.6 is 0 Å². The third-order valence-corrected chi connectivity index (χ3v) is 3.25. The smallest absolute Gasteiger partial charge is 0.123 e. The predicted molar refractivity (Wildman–Crippen MR) is 83.0 cm³/mol. The van der Waals surface area contributed by atoms with Gasteiger partial charge in [-0.1, -0.05) is 12.1 Å². The van der Waals surface area contributed by atoms with Gasteiger partial charge in [0.1, 0.15) is 23.0 Å². The molecule has 0 aromatic heterocycles. The van der Waals surface area contributed by atoms with Crippen LogP contribution in [0.3, 0.4) is 0 Å². The second kappa shape index (κ2) is 7.53. The molecule has 0 aliphatic carbocycles. The topological polar surface area (TPSA) is 105 Å². The maximum atomic E-state index is 9.63. The summed E-state index contributed by atoms with van der Waals surface area (Å²) >= 11 is 0. The van der Waals surface area contributed by atoms with Crippen molar-refractivity contribution >= 4 is 0 Å². The van der Waals surface area contributed by atoms with Gasteiger partial charge in [0, 0.05) is 49.4 Å². The Bertz CT molecular complexity index is 576. The van der Waals surface area contributed by atoms with Gasteiger partial charge in [-0.3, -0.25) is 0 Å². The number of hydrogen-bond acceptors (Lipinski definition) is 6. The Balaban J connectivity index is 1.67. The summed E-state index contributed by atoms with van der Waals surface area (Å²) in [6.45, 7) is 2.36. The largest absolute Gasteiger partial charge is 0.508 e. The molecule has 6 nitrogen and oxygen atoms in total. The number of phenols is 4. The molecule has 0 bridgehead atoms. The average Bonchev–Trinajstić information content (AvgIpc) is 2.46. The summed E-state index contributed by atoms with van der Waals surface area (Å²) in [5, 5.41) is 44.0. The minimum Gasteiger partial charge on any atom is -0.508 e. The fourth-order valence-electron chi connectivity index (χ4n) is 2.03. The van der Waals surface area contributed by atoms with Gasteiger partial charge in [0.2, 0.25) is 0 Å². The second-order valence-corrected chi connectivity index (χ2v) is 4.98. The molecule has 0 atom stereocenters. The first-order valence-electron chi connectivity index (χ1n) is 6.99. The van der Waals surface area contributed by atoms with Crippen LogP contribution < -0.4 is 10.6 Å². The maximum absolute atomic E-state index is 9.63. The predicted octanol–water partition coefficient (Wildman–Crippen LogP) is 1.39. The van der Waals surface area contributed by atoms with E-state index in [2.05, 4.69) is 10.6 Å². The minimum atomic E-state index is 0.0385. The molecule has 0 amide bonds. The quantitative estimate of drug-likeness (QED) is 0.432. The van der Waals surface area contributed by atoms with E-state index in [1.165, 1.54) is 24.3 Å². The van der Waals surface area contributed by atoms with Gasteiger partial charge in [0.25, 0.3) is 0 Å². The van der Waals surface area contributed by atoms with Gasteiger partial charge >= 0.3 is 0 Å². The lowest BCUT2D eigenvalue weighted by atomic mass is 10.2. The van der Waals surface area contributed by atoms with Crippen LogP contribution in [0.2, 0.25) is 0 Å². The Hall–Kier alpha value is -2.44. The lowest BCUT2D eigenvalue weighted by Gasteiger charge is -2.09. The normalized spacial score (nSPS) is 10.7. The lowest BCUT2D eigenvalue weighted by Crippen LogP contribution is -2.26. The van der Waals surface area contributed by atoms with E-state index in [1.807, 2.05) is 0 Å². The van der Waals surface area contributed by atoms with Crippen molar-refractivity contribution in [3.63, 3.8) is 0 Å². The molecule has 6 heteroatoms. The molecule has 2 aromatic rings. The van der Waals surface area contributed by atoms with E-state index in [0.717, 1.165) is 0 Å². The molecule has 0 aliphatic heterocycles. The van der Waals surface area contributed by atoms with Crippen LogP contribution in [0.15, 0.2) is 36.4 Å². The zero-order valence-electron chi connectivity index (χ0n) is 12.1. The van der Waals surface area contributed by atoms with Crippen molar-refractivity contribution in [1.29, 1.82) is 0 Å². The lowest BCUT2D eigenvalue weighted by molar-refractivity contribution is 0.441. The zero-order valence-corrected chi connectivity index (χ0v) is 12.1. The van der Waals surface area contributed by atoms with Gasteiger partial charge in [0.15, 0.2) is 0 Å². The van der Waals surface area contributed by atoms with Crippen molar-refractivity contribution in [3.8, 4) is 23.0 Å². The molecule has 0 saturated carbocycles. The molecule has 0 heterocycles. The summed E-state index contributed by atoms with van der Waals surface area (Å²) in [7, 11) is 0. The summed E-state index contributed by atoms with van der Waals surface area (Å²) in [5.41, 5.74) is 1.43. The highest BCUT2D eigenvalue weighted by molar-refractivity contribution is 5.39. The molecule has 0 saturated heterocycles. The molecule has 0 unspecified atom stereocenters. The van der Waals surface area contributed by atoms with Crippen LogP contribution in [0.25, 0.3) is 0 Å². The van der Waals surface area contributed by atoms with Crippen molar-refractivity contribution in [2.24, 2.45) is 0 Å². The van der Waals surface area contributed by atoms with Gasteiger partial charge < -0.3 is 31.1 Å². The third-order valence-electron chi connectivity index (χ3n) is 3.25. The van der Waals surface area contributed by atoms with E-state index < -0.39 is 0 Å². The summed E-state index contributed by atoms with van der Waals surface area (Å²) < 4.78 is 0. The van der Waals surface area contributed by atoms with E-state index in [0.29, 0.717) is 37.3 Å². The number of hydrogen-bond donors (Lipinski definition) is 6. The van der Waals surface area contributed by atoms with Crippen LogP contribution in [0.4, 0.5) is 0 Å². The summed E-state index contributed by atoms with van der Waals surface area (Å²) in [6, 6.07) is 9.01. The Morgan fingerprint density at radius 3 is 1.41 bits per heavy atom. The second-order valence-electron chi connectivity index (χ2n) is 4.98. The fourth-order valence-corrected chi connectivity index (χ4v) is 2.03. The monoisotopic (exact) mass is 304 g/mol. The van der Waals surface area contributed by atoms with Crippen LogP contribution in [-0.4, -0.2) is 33.5 Å². The van der Waals surface area contributed by atoms with Crippen molar-refractivity contribution in [2.45, 2.75) is 13.1 Å². The molecule has 22 heavy (non-hydrogen) atoms. The Morgan fingerprint density at radius 1 is 0.636 bits per heavy atom. The highest BCUT2D eigenvalue weighted by atomic mass is 16.3. The van der Waals surface area contributed by atoms with Crippen molar-refractivity contribution in [1.82, 2.24) is 10.6 Å². The fraction of sp³-hybridized carbons (Fsp3) is 0.250. The highest BCUT2D eigenvalue weighted by Crippen LogP contribution is 2.22. The van der Waals surface area contributed by atoms with E-state index in [-0.39, 0.29) is 23.0 Å². The van der Waals surface area contributed by atoms with Gasteiger partial charge in [-0.15, -0.1) is 0 Å². The molecule has 0 radical (unpaired) electrons. The van der Waals surface area contributed by atoms with Gasteiger partial charge in [0.05, 0.1) is 0 Å². The standard InChI is InChI=1S/C16H20N2O4/c19-13-3-1-11(15(21)7-13)9-17-5-6-18-10-12-2-4-14(20)8-16(12)22/h1-4,7-8,17-22H,5-6,9-10H2. The first-order chi connectivity index (χ1) is 10.6. The number of aromatic hydroxyl groups is 4. The molecule has 2 aromatic carbocycles. The summed E-state index contributed by atoms with van der Waals surface area (Å²) in [5.74, 6) is 0.206. The molecule has 0 spiro atoms. The Labute approximate surface area is 128 Å². The SMILES string of the molecule is Oc1ccc(CNCCNCc2ccc(O)cc2O)c(O)c1. The van der Waals surface area contributed by atoms with Crippen LogP contribution in [0.5, 0.6) is 23.0 Å². The van der Waals surface area contributed by atoms with Gasteiger partial charge in [-0.25, -0.2) is 0 Å². The maximum Gasteiger partial charge on any atom is 0.123 e. The zero-order chi connectivity index (χ0) is 15.9. The Morgan fingerprint density at radius 2 is 1.05 bits per heavy atom. The molecule has 0 fully saturated rings. The van der Waals surface area contributed by atoms with Crippen molar-refractivity contribution in [2.75, 3.05) is 13.1 Å². The number of benzene rings is 2. The number of phenolic OH excluding ortho intramolecular Hbond substituents is 4. The van der Waals surface area contributed by atoms with Crippen LogP contribution in [0.1, 0.15) is 11.1 Å². The van der Waals surface area contributed by atoms with Crippen molar-refractivity contribution in [3.05, 3.63) is 47.5 Å². The summed E-state index contributed by atoms with van der Waals surface area (Å²) in [4.78, 5) is 0. The van der Waals surface area contributed by atoms with E-state index in [9.17, 15) is 20.4 Å². The minimum absolute atomic E-state index is 0.0385. The molecule has 118 valence electrons. The molecule has 6 N–H and O–H groups in total. The Kier molecular flexibility index (Phi) is 5.46. The van der Waals surface area contributed by atoms with E-state index in [4.69, 9.17) is 0 Å². The van der Waals surface area contributed by atoms with Crippen molar-refractivity contribution < 1.29 is 20.4 Å². The van der Waals surface area contributed by atoms with Gasteiger partial charge in [-0.2, -0.15) is 0 Å². The molecular formula is C16H20N2O4. The number of nitrogens with one attached hydrogen (secondary N) is 2. The highest BCUT2D eigenvalue weighted by Gasteiger charge is 2.03. The van der Waals surface area contributed by atoms with Gasteiger partial charge in [-0.05, 0) is 12.1 Å². The summed E-state index contributed by atoms with van der Waals surface area (Å²) in [6.07, 6.45) is 0. The van der Waals surface area contributed by atoms with Crippen LogP contribution in [0, 0.1) is 0 Å². The van der Waals surface area contributed by atoms with E-state index in [1.54, 1.807) is 12.1 Å². The first-order valence-corrected chi connectivity index (χ1v) is 6.99. The van der Waals surface area contributed by atoms with E-state index >= 15 is 0 Å². The van der Waals surface area contributed by atoms with Crippen LogP contribution in [-0.2, 0) is 13.1 Å². The third kappa shape index (κ3) is 4.54. The number of rotatable bonds is 7. The molecule has 0 aliphatic rings. The first kappa shape index (κ1) is 15.9. The molecule has 2 rings (SSSR count). The average molecular weight is 304 g/mol. The molecular weight excluding hydrogens is 284 g/mol.